The van der Waals surface area contributed by atoms with Gasteiger partial charge in [0.15, 0.2) is 0 Å². The minimum absolute atomic E-state index is 0.00380. The highest BCUT2D eigenvalue weighted by Crippen LogP contribution is 2.27. The normalized spacial score (nSPS) is 11.9. The van der Waals surface area contributed by atoms with Crippen LogP contribution in [-0.4, -0.2) is 44.3 Å². The molecule has 1 atom stereocenters. The second-order valence-corrected chi connectivity index (χ2v) is 13.1. The lowest BCUT2D eigenvalue weighted by Crippen LogP contribution is -2.53. The number of hydrogen-bond donors (Lipinski definition) is 1. The molecule has 0 radical (unpaired) electrons. The van der Waals surface area contributed by atoms with E-state index in [0.29, 0.717) is 17.1 Å². The molecular weight excluding hydrogens is 613 g/mol. The highest BCUT2D eigenvalue weighted by molar-refractivity contribution is 7.92. The molecule has 0 saturated carbocycles. The van der Waals surface area contributed by atoms with Crippen molar-refractivity contribution in [1.29, 1.82) is 0 Å². The van der Waals surface area contributed by atoms with Crippen molar-refractivity contribution in [2.75, 3.05) is 17.4 Å². The zero-order chi connectivity index (χ0) is 32.4. The summed E-state index contributed by atoms with van der Waals surface area (Å²) in [5.74, 6) is -1.41. The Hall–Kier alpha value is -4.21. The lowest BCUT2D eigenvalue weighted by Gasteiger charge is -2.34. The van der Waals surface area contributed by atoms with Gasteiger partial charge in [-0.25, -0.2) is 12.8 Å². The van der Waals surface area contributed by atoms with Crippen LogP contribution in [-0.2, 0) is 32.6 Å². The van der Waals surface area contributed by atoms with Gasteiger partial charge < -0.3 is 10.2 Å². The zero-order valence-corrected chi connectivity index (χ0v) is 26.9. The van der Waals surface area contributed by atoms with Crippen LogP contribution in [0.4, 0.5) is 10.1 Å². The molecule has 0 aliphatic rings. The first-order valence-electron chi connectivity index (χ1n) is 14.8. The van der Waals surface area contributed by atoms with E-state index in [9.17, 15) is 22.4 Å². The van der Waals surface area contributed by atoms with Gasteiger partial charge in [0.25, 0.3) is 10.0 Å². The van der Waals surface area contributed by atoms with Crippen LogP contribution in [0.25, 0.3) is 0 Å². The van der Waals surface area contributed by atoms with Crippen molar-refractivity contribution < 1.29 is 22.4 Å². The summed E-state index contributed by atoms with van der Waals surface area (Å²) in [6.07, 6.45) is 1.81. The summed E-state index contributed by atoms with van der Waals surface area (Å²) in [5.41, 5.74) is 2.48. The number of aryl methyl sites for hydroxylation is 1. The topological polar surface area (TPSA) is 86.8 Å². The molecule has 0 bridgehead atoms. The van der Waals surface area contributed by atoms with E-state index in [1.54, 1.807) is 42.5 Å². The molecule has 0 saturated heterocycles. The summed E-state index contributed by atoms with van der Waals surface area (Å²) in [5, 5.41) is 3.24. The van der Waals surface area contributed by atoms with Crippen LogP contribution in [0.1, 0.15) is 36.5 Å². The average Bonchev–Trinajstić information content (AvgIpc) is 3.03. The van der Waals surface area contributed by atoms with Crippen LogP contribution < -0.4 is 9.62 Å². The minimum Gasteiger partial charge on any atom is -0.354 e. The Balaban J connectivity index is 1.78. The molecule has 0 aliphatic heterocycles. The summed E-state index contributed by atoms with van der Waals surface area (Å²) < 4.78 is 43.0. The number of unbranched alkanes of at least 4 members (excludes halogenated alkanes) is 1. The van der Waals surface area contributed by atoms with Crippen LogP contribution in [0.2, 0.25) is 5.02 Å². The van der Waals surface area contributed by atoms with Gasteiger partial charge in [0.05, 0.1) is 10.6 Å². The van der Waals surface area contributed by atoms with E-state index in [4.69, 9.17) is 11.6 Å². The van der Waals surface area contributed by atoms with Crippen molar-refractivity contribution in [2.45, 2.75) is 50.6 Å². The van der Waals surface area contributed by atoms with E-state index in [2.05, 4.69) is 5.32 Å². The first kappa shape index (κ1) is 33.7. The minimum atomic E-state index is -4.24. The van der Waals surface area contributed by atoms with Crippen LogP contribution in [0.5, 0.6) is 0 Å². The SMILES string of the molecule is CCCCNC(=O)[C@H](Cc1ccccc1)N(Cc1ccc(F)cc1)C(=O)CN(c1cccc(Cl)c1)S(=O)(=O)c1ccc(C)cc1. The van der Waals surface area contributed by atoms with E-state index in [1.807, 2.05) is 44.2 Å². The van der Waals surface area contributed by atoms with Crippen molar-refractivity contribution in [3.8, 4) is 0 Å². The predicted octanol–water partition coefficient (Wildman–Crippen LogP) is 6.54. The van der Waals surface area contributed by atoms with Gasteiger partial charge in [-0.2, -0.15) is 0 Å². The third-order valence-corrected chi connectivity index (χ3v) is 9.37. The van der Waals surface area contributed by atoms with Crippen LogP contribution in [0.3, 0.4) is 0 Å². The smallest absolute Gasteiger partial charge is 0.264 e. The Bertz CT molecular complexity index is 1680. The van der Waals surface area contributed by atoms with Gasteiger partial charge in [0, 0.05) is 24.5 Å². The fourth-order valence-corrected chi connectivity index (χ4v) is 6.43. The van der Waals surface area contributed by atoms with Crippen molar-refractivity contribution >= 4 is 39.1 Å². The molecule has 45 heavy (non-hydrogen) atoms. The largest absolute Gasteiger partial charge is 0.354 e. The number of halogens is 2. The summed E-state index contributed by atoms with van der Waals surface area (Å²) in [6.45, 7) is 3.63. The molecule has 0 aliphatic carbocycles. The first-order valence-corrected chi connectivity index (χ1v) is 16.6. The third-order valence-electron chi connectivity index (χ3n) is 7.35. The van der Waals surface area contributed by atoms with Crippen LogP contribution in [0, 0.1) is 12.7 Å². The van der Waals surface area contributed by atoms with E-state index in [-0.39, 0.29) is 29.5 Å². The number of carbonyl (C=O) groups is 2. The number of nitrogens with one attached hydrogen (secondary N) is 1. The maximum absolute atomic E-state index is 14.4. The Kier molecular flexibility index (Phi) is 11.7. The van der Waals surface area contributed by atoms with Gasteiger partial charge >= 0.3 is 0 Å². The lowest BCUT2D eigenvalue weighted by atomic mass is 10.0. The number of rotatable bonds is 14. The zero-order valence-electron chi connectivity index (χ0n) is 25.3. The average molecular weight is 650 g/mol. The van der Waals surface area contributed by atoms with Gasteiger partial charge in [-0.05, 0) is 66.9 Å². The highest BCUT2D eigenvalue weighted by atomic mass is 35.5. The number of anilines is 1. The maximum atomic E-state index is 14.4. The number of amides is 2. The molecule has 1 N–H and O–H groups in total. The van der Waals surface area contributed by atoms with E-state index >= 15 is 0 Å². The molecule has 0 unspecified atom stereocenters. The van der Waals surface area contributed by atoms with Crippen molar-refractivity contribution in [3.63, 3.8) is 0 Å². The number of sulfonamides is 1. The quantitative estimate of drug-likeness (QED) is 0.157. The highest BCUT2D eigenvalue weighted by Gasteiger charge is 2.34. The molecule has 10 heteroatoms. The second kappa shape index (κ2) is 15.7. The fourth-order valence-electron chi connectivity index (χ4n) is 4.84. The fraction of sp³-hybridized carbons (Fsp3) is 0.257. The van der Waals surface area contributed by atoms with Gasteiger partial charge in [0.2, 0.25) is 11.8 Å². The molecule has 236 valence electrons. The van der Waals surface area contributed by atoms with E-state index in [0.717, 1.165) is 28.3 Å². The summed E-state index contributed by atoms with van der Waals surface area (Å²) >= 11 is 6.27. The molecule has 4 aromatic rings. The van der Waals surface area contributed by atoms with Crippen LogP contribution in [0.15, 0.2) is 108 Å². The molecule has 0 aromatic heterocycles. The Labute approximate surface area is 269 Å². The van der Waals surface area contributed by atoms with Crippen LogP contribution >= 0.6 is 11.6 Å². The predicted molar refractivity (Wildman–Crippen MR) is 176 cm³/mol. The van der Waals surface area contributed by atoms with Gasteiger partial charge in [-0.15, -0.1) is 0 Å². The molecular formula is C35H37ClFN3O4S. The van der Waals surface area contributed by atoms with E-state index < -0.39 is 34.3 Å². The van der Waals surface area contributed by atoms with Crippen molar-refractivity contribution in [1.82, 2.24) is 10.2 Å². The second-order valence-electron chi connectivity index (χ2n) is 10.8. The molecule has 0 heterocycles. The first-order chi connectivity index (χ1) is 21.6. The molecule has 0 fully saturated rings. The number of nitrogens with zero attached hydrogens (tertiary/aromatic N) is 2. The Morgan fingerprint density at radius 3 is 2.22 bits per heavy atom. The molecule has 7 nitrogen and oxygen atoms in total. The summed E-state index contributed by atoms with van der Waals surface area (Å²) in [6, 6.07) is 26.6. The van der Waals surface area contributed by atoms with E-state index in [1.165, 1.54) is 35.2 Å². The number of carbonyl (C=O) groups excluding carboxylic acids is 2. The maximum Gasteiger partial charge on any atom is 0.264 e. The molecule has 4 rings (SSSR count). The summed E-state index contributed by atoms with van der Waals surface area (Å²) in [7, 11) is -4.24. The van der Waals surface area contributed by atoms with Crippen molar-refractivity contribution in [2.24, 2.45) is 0 Å². The van der Waals surface area contributed by atoms with Gasteiger partial charge in [0.1, 0.15) is 18.4 Å². The standard InChI is InChI=1S/C35H37ClFN3O4S/c1-3-4-21-38-35(42)33(22-27-9-6-5-7-10-27)39(24-28-15-17-30(37)18-16-28)34(41)25-40(31-12-8-11-29(36)23-31)45(43,44)32-19-13-26(2)14-20-32/h5-20,23,33H,3-4,21-22,24-25H2,1-2H3,(H,38,42)/t33-/m0/s1. The monoisotopic (exact) mass is 649 g/mol. The third kappa shape index (κ3) is 9.15. The number of benzene rings is 4. The summed E-state index contributed by atoms with van der Waals surface area (Å²) in [4.78, 5) is 29.5. The van der Waals surface area contributed by atoms with Crippen molar-refractivity contribution in [3.05, 3.63) is 131 Å². The van der Waals surface area contributed by atoms with Gasteiger partial charge in [-0.3, -0.25) is 13.9 Å². The molecule has 2 amide bonds. The Morgan fingerprint density at radius 2 is 1.58 bits per heavy atom. The Morgan fingerprint density at radius 1 is 0.889 bits per heavy atom. The lowest BCUT2D eigenvalue weighted by molar-refractivity contribution is -0.140. The molecule has 4 aromatic carbocycles. The molecule has 0 spiro atoms. The van der Waals surface area contributed by atoms with Gasteiger partial charge in [-0.1, -0.05) is 91.2 Å². The number of hydrogen-bond acceptors (Lipinski definition) is 4.